The molecule has 0 aliphatic carbocycles. The molecule has 1 heterocycles. The first-order valence-electron chi connectivity index (χ1n) is 7.81. The van der Waals surface area contributed by atoms with Crippen LogP contribution in [0.2, 0.25) is 14.8 Å². The Morgan fingerprint density at radius 2 is 2.10 bits per heavy atom. The van der Waals surface area contributed by atoms with E-state index < -0.39 is 18.4 Å². The minimum absolute atomic E-state index is 0.126. The molecule has 0 fully saturated rings. The second kappa shape index (κ2) is 7.46. The van der Waals surface area contributed by atoms with Gasteiger partial charge < -0.3 is 0 Å². The number of rotatable bonds is 6. The zero-order chi connectivity index (χ0) is 15.4. The van der Waals surface area contributed by atoms with Crippen LogP contribution in [0, 0.1) is 0 Å². The van der Waals surface area contributed by atoms with Crippen LogP contribution in [0.25, 0.3) is 0 Å². The third-order valence-electron chi connectivity index (χ3n) is 3.81. The molecular formula is C17H32O2Sn. The van der Waals surface area contributed by atoms with Gasteiger partial charge >= 0.3 is 129 Å². The number of ether oxygens (including phenoxy) is 2. The first-order valence-corrected chi connectivity index (χ1v) is 18.4. The summed E-state index contributed by atoms with van der Waals surface area (Å²) in [6.45, 7) is 8.59. The van der Waals surface area contributed by atoms with Crippen molar-refractivity contribution in [3.63, 3.8) is 0 Å². The Kier molecular flexibility index (Phi) is 6.80. The molecule has 20 heavy (non-hydrogen) atoms. The van der Waals surface area contributed by atoms with Crippen molar-refractivity contribution in [1.29, 1.82) is 0 Å². The van der Waals surface area contributed by atoms with Crippen LogP contribution in [0.4, 0.5) is 0 Å². The van der Waals surface area contributed by atoms with Gasteiger partial charge in [0.1, 0.15) is 0 Å². The molecule has 0 radical (unpaired) electrons. The Morgan fingerprint density at radius 3 is 2.60 bits per heavy atom. The van der Waals surface area contributed by atoms with Crippen LogP contribution in [0.1, 0.15) is 40.5 Å². The van der Waals surface area contributed by atoms with Gasteiger partial charge in [-0.2, -0.15) is 0 Å². The molecule has 1 rings (SSSR count). The average Bonchev–Trinajstić information content (AvgIpc) is 2.36. The van der Waals surface area contributed by atoms with Crippen molar-refractivity contribution < 1.29 is 9.47 Å². The molecule has 116 valence electrons. The molecule has 0 aromatic rings. The van der Waals surface area contributed by atoms with Crippen molar-refractivity contribution in [1.82, 2.24) is 0 Å². The van der Waals surface area contributed by atoms with E-state index in [-0.39, 0.29) is 17.8 Å². The van der Waals surface area contributed by atoms with Crippen LogP contribution in [-0.2, 0) is 9.47 Å². The maximum atomic E-state index is 6.35. The maximum absolute atomic E-state index is 6.35. The average molecular weight is 387 g/mol. The molecule has 0 aromatic heterocycles. The molecule has 1 aliphatic heterocycles. The van der Waals surface area contributed by atoms with Gasteiger partial charge in [0, 0.05) is 0 Å². The standard InChI is InChI=1S/C14H23O2.3CH3.Sn/c1-6-10-14(4,15-5)13-9-8-11(3)12(7-2)16-13;;;;/h6,8,10,12-13H,5,7,9H2,1-4H3;3*1H3;/b10-6-;;;;/t12-,13-,14?;;;;/m1..../s1. The number of hydrogen-bond acceptors (Lipinski definition) is 2. The van der Waals surface area contributed by atoms with E-state index in [1.54, 1.807) is 0 Å². The molecular weight excluding hydrogens is 355 g/mol. The molecule has 0 bridgehead atoms. The summed E-state index contributed by atoms with van der Waals surface area (Å²) in [5, 5.41) is 0. The van der Waals surface area contributed by atoms with E-state index in [2.05, 4.69) is 60.7 Å². The van der Waals surface area contributed by atoms with Gasteiger partial charge in [-0.05, 0) is 0 Å². The van der Waals surface area contributed by atoms with Gasteiger partial charge in [-0.25, -0.2) is 0 Å². The fraction of sp³-hybridized carbons (Fsp3) is 0.765. The SMILES string of the molecule is C/C=C\C(C)(O[CH2][Sn]([CH3])([CH3])[CH3])[C@H]1CC=C(C)[C@@H](CC)O1. The van der Waals surface area contributed by atoms with E-state index in [0.717, 1.165) is 17.5 Å². The normalized spacial score (nSPS) is 27.4. The Bertz CT molecular complexity index is 368. The van der Waals surface area contributed by atoms with Crippen LogP contribution >= 0.6 is 0 Å². The second-order valence-corrected chi connectivity index (χ2v) is 22.7. The van der Waals surface area contributed by atoms with Gasteiger partial charge in [-0.3, -0.25) is 0 Å². The fourth-order valence-electron chi connectivity index (χ4n) is 2.52. The van der Waals surface area contributed by atoms with Gasteiger partial charge in [0.05, 0.1) is 0 Å². The molecule has 2 nitrogen and oxygen atoms in total. The molecule has 0 amide bonds. The zero-order valence-electron chi connectivity index (χ0n) is 14.3. The molecule has 3 heteroatoms. The summed E-state index contributed by atoms with van der Waals surface area (Å²) < 4.78 is 13.6. The van der Waals surface area contributed by atoms with Gasteiger partial charge in [-0.1, -0.05) is 0 Å². The Hall–Kier alpha value is 0.199. The molecule has 1 aliphatic rings. The van der Waals surface area contributed by atoms with Crippen molar-refractivity contribution in [2.24, 2.45) is 0 Å². The van der Waals surface area contributed by atoms with E-state index in [4.69, 9.17) is 9.47 Å². The molecule has 0 spiro atoms. The number of hydrogen-bond donors (Lipinski definition) is 0. The fourth-order valence-corrected chi connectivity index (χ4v) is 4.65. The van der Waals surface area contributed by atoms with E-state index in [1.165, 1.54) is 5.57 Å². The van der Waals surface area contributed by atoms with Crippen LogP contribution in [-0.4, -0.2) is 40.8 Å². The van der Waals surface area contributed by atoms with Crippen molar-refractivity contribution in [2.45, 2.75) is 73.2 Å². The van der Waals surface area contributed by atoms with Gasteiger partial charge in [-0.15, -0.1) is 0 Å². The van der Waals surface area contributed by atoms with E-state index in [1.807, 2.05) is 0 Å². The molecule has 0 saturated carbocycles. The van der Waals surface area contributed by atoms with E-state index in [9.17, 15) is 0 Å². The third kappa shape index (κ3) is 5.19. The van der Waals surface area contributed by atoms with Crippen molar-refractivity contribution in [3.05, 3.63) is 23.8 Å². The summed E-state index contributed by atoms with van der Waals surface area (Å²) in [6.07, 6.45) is 8.95. The van der Waals surface area contributed by atoms with E-state index >= 15 is 0 Å². The predicted octanol–water partition coefficient (Wildman–Crippen LogP) is 4.73. The summed E-state index contributed by atoms with van der Waals surface area (Å²) in [5.74, 6) is 0. The summed E-state index contributed by atoms with van der Waals surface area (Å²) in [6, 6.07) is 0. The van der Waals surface area contributed by atoms with Gasteiger partial charge in [0.25, 0.3) is 0 Å². The third-order valence-corrected chi connectivity index (χ3v) is 6.70. The minimum atomic E-state index is -1.93. The zero-order valence-corrected chi connectivity index (χ0v) is 17.2. The van der Waals surface area contributed by atoms with Crippen molar-refractivity contribution in [3.8, 4) is 0 Å². The molecule has 3 atom stereocenters. The van der Waals surface area contributed by atoms with Crippen LogP contribution in [0.3, 0.4) is 0 Å². The molecule has 0 N–H and O–H groups in total. The van der Waals surface area contributed by atoms with Crippen LogP contribution < -0.4 is 0 Å². The van der Waals surface area contributed by atoms with Crippen LogP contribution in [0.5, 0.6) is 0 Å². The monoisotopic (exact) mass is 388 g/mol. The Labute approximate surface area is 129 Å². The number of allylic oxidation sites excluding steroid dienone is 1. The van der Waals surface area contributed by atoms with Crippen molar-refractivity contribution >= 4 is 18.4 Å². The summed E-state index contributed by atoms with van der Waals surface area (Å²) in [7, 11) is 0. The van der Waals surface area contributed by atoms with Gasteiger partial charge in [0.15, 0.2) is 0 Å². The molecule has 0 aromatic carbocycles. The second-order valence-electron chi connectivity index (χ2n) is 7.24. The Morgan fingerprint density at radius 1 is 1.45 bits per heavy atom. The topological polar surface area (TPSA) is 18.5 Å². The summed E-state index contributed by atoms with van der Waals surface area (Å²) in [5.41, 5.74) is 1.06. The predicted molar refractivity (Wildman–Crippen MR) is 89.8 cm³/mol. The van der Waals surface area contributed by atoms with Gasteiger partial charge in [0.2, 0.25) is 0 Å². The molecule has 0 saturated heterocycles. The first-order chi connectivity index (χ1) is 9.22. The quantitative estimate of drug-likeness (QED) is 0.485. The summed E-state index contributed by atoms with van der Waals surface area (Å²) >= 11 is -1.93. The molecule has 1 unspecified atom stereocenters. The Balaban J connectivity index is 2.85. The van der Waals surface area contributed by atoms with Crippen LogP contribution in [0.15, 0.2) is 23.8 Å². The first kappa shape index (κ1) is 18.2. The van der Waals surface area contributed by atoms with E-state index in [0.29, 0.717) is 0 Å². The van der Waals surface area contributed by atoms with Crippen molar-refractivity contribution in [2.75, 3.05) is 4.62 Å². The summed E-state index contributed by atoms with van der Waals surface area (Å²) in [4.78, 5) is 7.22.